The lowest BCUT2D eigenvalue weighted by atomic mass is 10.2. The fraction of sp³-hybridized carbons (Fsp3) is 0.308. The third-order valence-electron chi connectivity index (χ3n) is 5.42. The third-order valence-corrected chi connectivity index (χ3v) is 5.42. The van der Waals surface area contributed by atoms with Crippen molar-refractivity contribution in [2.75, 3.05) is 0 Å². The van der Waals surface area contributed by atoms with Crippen molar-refractivity contribution in [3.63, 3.8) is 0 Å². The molecule has 0 aliphatic heterocycles. The van der Waals surface area contributed by atoms with Crippen LogP contribution >= 0.6 is 0 Å². The lowest BCUT2D eigenvalue weighted by Gasteiger charge is -2.26. The van der Waals surface area contributed by atoms with E-state index in [2.05, 4.69) is 0 Å². The summed E-state index contributed by atoms with van der Waals surface area (Å²) in [6, 6.07) is 30.1. The molecule has 0 unspecified atom stereocenters. The van der Waals surface area contributed by atoms with Gasteiger partial charge in [0.1, 0.15) is 12.2 Å². The fourth-order valence-electron chi connectivity index (χ4n) is 3.82. The van der Waals surface area contributed by atoms with E-state index in [0.29, 0.717) is 26.2 Å². The SMILES string of the molecule is O[C@@H]1C[C@@H](OCc2ccccc2)[C@@H](OCc2ccccc2)[C@H]1OCc1ccccc1. The molecule has 1 aliphatic carbocycles. The van der Waals surface area contributed by atoms with Gasteiger partial charge in [-0.3, -0.25) is 0 Å². The van der Waals surface area contributed by atoms with Crippen molar-refractivity contribution < 1.29 is 19.3 Å². The summed E-state index contributed by atoms with van der Waals surface area (Å²) < 4.78 is 18.6. The van der Waals surface area contributed by atoms with Gasteiger partial charge in [0.25, 0.3) is 0 Å². The summed E-state index contributed by atoms with van der Waals surface area (Å²) in [5, 5.41) is 10.7. The Bertz CT molecular complexity index is 869. The highest BCUT2D eigenvalue weighted by molar-refractivity contribution is 5.15. The van der Waals surface area contributed by atoms with E-state index in [-0.39, 0.29) is 12.2 Å². The van der Waals surface area contributed by atoms with E-state index in [4.69, 9.17) is 14.2 Å². The van der Waals surface area contributed by atoms with Gasteiger partial charge < -0.3 is 19.3 Å². The minimum atomic E-state index is -0.629. The maximum absolute atomic E-state index is 10.7. The van der Waals surface area contributed by atoms with E-state index >= 15 is 0 Å². The van der Waals surface area contributed by atoms with Crippen LogP contribution in [0.15, 0.2) is 91.0 Å². The number of rotatable bonds is 9. The van der Waals surface area contributed by atoms with E-state index in [1.807, 2.05) is 91.0 Å². The van der Waals surface area contributed by atoms with Crippen LogP contribution in [0.4, 0.5) is 0 Å². The first kappa shape index (κ1) is 20.8. The number of aliphatic hydroxyl groups excluding tert-OH is 1. The number of ether oxygens (including phenoxy) is 3. The predicted octanol–water partition coefficient (Wildman–Crippen LogP) is 4.51. The molecule has 0 radical (unpaired) electrons. The van der Waals surface area contributed by atoms with Gasteiger partial charge in [-0.2, -0.15) is 0 Å². The molecule has 4 heteroatoms. The molecule has 0 bridgehead atoms. The molecule has 4 rings (SSSR count). The number of aliphatic hydroxyl groups is 1. The molecule has 3 aromatic rings. The second-order valence-electron chi connectivity index (χ2n) is 7.66. The zero-order valence-corrected chi connectivity index (χ0v) is 17.0. The first-order valence-corrected chi connectivity index (χ1v) is 10.4. The normalized spacial score (nSPS) is 23.5. The lowest BCUT2D eigenvalue weighted by molar-refractivity contribution is -0.133. The van der Waals surface area contributed by atoms with Crippen LogP contribution in [0.5, 0.6) is 0 Å². The summed E-state index contributed by atoms with van der Waals surface area (Å²) >= 11 is 0. The Hall–Kier alpha value is -2.50. The Labute approximate surface area is 178 Å². The maximum atomic E-state index is 10.7. The van der Waals surface area contributed by atoms with Gasteiger partial charge in [-0.05, 0) is 16.7 Å². The first-order chi connectivity index (χ1) is 14.8. The molecule has 1 saturated carbocycles. The zero-order chi connectivity index (χ0) is 20.6. The van der Waals surface area contributed by atoms with Gasteiger partial charge >= 0.3 is 0 Å². The molecule has 1 fully saturated rings. The van der Waals surface area contributed by atoms with Gasteiger partial charge in [0, 0.05) is 6.42 Å². The Morgan fingerprint density at radius 3 is 1.43 bits per heavy atom. The second kappa shape index (κ2) is 10.5. The maximum Gasteiger partial charge on any atom is 0.113 e. The van der Waals surface area contributed by atoms with Crippen molar-refractivity contribution in [2.24, 2.45) is 0 Å². The van der Waals surface area contributed by atoms with E-state index in [9.17, 15) is 5.11 Å². The van der Waals surface area contributed by atoms with Crippen LogP contribution < -0.4 is 0 Å². The van der Waals surface area contributed by atoms with Gasteiger partial charge in [-0.1, -0.05) is 91.0 Å². The Kier molecular flexibility index (Phi) is 7.27. The van der Waals surface area contributed by atoms with Crippen molar-refractivity contribution in [1.82, 2.24) is 0 Å². The van der Waals surface area contributed by atoms with E-state index in [1.165, 1.54) is 0 Å². The largest absolute Gasteiger partial charge is 0.390 e. The zero-order valence-electron chi connectivity index (χ0n) is 17.0. The first-order valence-electron chi connectivity index (χ1n) is 10.4. The molecular formula is C26H28O4. The molecule has 156 valence electrons. The molecule has 0 heterocycles. The van der Waals surface area contributed by atoms with E-state index in [0.717, 1.165) is 16.7 Å². The van der Waals surface area contributed by atoms with Gasteiger partial charge in [-0.25, -0.2) is 0 Å². The third kappa shape index (κ3) is 5.55. The van der Waals surface area contributed by atoms with Crippen molar-refractivity contribution in [3.8, 4) is 0 Å². The molecular weight excluding hydrogens is 376 g/mol. The predicted molar refractivity (Wildman–Crippen MR) is 116 cm³/mol. The Morgan fingerprint density at radius 2 is 0.967 bits per heavy atom. The molecule has 1 N–H and O–H groups in total. The smallest absolute Gasteiger partial charge is 0.113 e. The standard InChI is InChI=1S/C26H28O4/c27-23-16-24(28-17-20-10-4-1-5-11-20)26(30-19-22-14-8-3-9-15-22)25(23)29-18-21-12-6-2-7-13-21/h1-15,23-27H,16-19H2/t23-,24-,25+,26-/m1/s1. The van der Waals surface area contributed by atoms with Crippen molar-refractivity contribution in [3.05, 3.63) is 108 Å². The lowest BCUT2D eigenvalue weighted by Crippen LogP contribution is -2.38. The molecule has 4 atom stereocenters. The average molecular weight is 405 g/mol. The monoisotopic (exact) mass is 404 g/mol. The van der Waals surface area contributed by atoms with Gasteiger partial charge in [-0.15, -0.1) is 0 Å². The summed E-state index contributed by atoms with van der Waals surface area (Å²) in [6.07, 6.45) is -1.14. The number of hydrogen-bond donors (Lipinski definition) is 1. The van der Waals surface area contributed by atoms with Crippen molar-refractivity contribution in [2.45, 2.75) is 50.7 Å². The molecule has 3 aromatic carbocycles. The molecule has 30 heavy (non-hydrogen) atoms. The van der Waals surface area contributed by atoms with Crippen LogP contribution in [0.1, 0.15) is 23.1 Å². The van der Waals surface area contributed by atoms with Crippen LogP contribution in [0.25, 0.3) is 0 Å². The molecule has 0 saturated heterocycles. The van der Waals surface area contributed by atoms with Crippen LogP contribution in [-0.2, 0) is 34.0 Å². The molecule has 1 aliphatic rings. The molecule has 4 nitrogen and oxygen atoms in total. The van der Waals surface area contributed by atoms with Gasteiger partial charge in [0.15, 0.2) is 0 Å². The van der Waals surface area contributed by atoms with Crippen molar-refractivity contribution in [1.29, 1.82) is 0 Å². The molecule has 0 spiro atoms. The van der Waals surface area contributed by atoms with E-state index in [1.54, 1.807) is 0 Å². The van der Waals surface area contributed by atoms with E-state index < -0.39 is 12.2 Å². The highest BCUT2D eigenvalue weighted by Crippen LogP contribution is 2.31. The van der Waals surface area contributed by atoms with Crippen LogP contribution in [0.3, 0.4) is 0 Å². The van der Waals surface area contributed by atoms with Crippen LogP contribution in [-0.4, -0.2) is 29.5 Å². The summed E-state index contributed by atoms with van der Waals surface area (Å²) in [5.74, 6) is 0. The fourth-order valence-corrected chi connectivity index (χ4v) is 3.82. The Morgan fingerprint density at radius 1 is 0.567 bits per heavy atom. The van der Waals surface area contributed by atoms with Gasteiger partial charge in [0.2, 0.25) is 0 Å². The minimum Gasteiger partial charge on any atom is -0.390 e. The summed E-state index contributed by atoms with van der Waals surface area (Å²) in [6.45, 7) is 1.36. The van der Waals surface area contributed by atoms with Crippen LogP contribution in [0, 0.1) is 0 Å². The number of hydrogen-bond acceptors (Lipinski definition) is 4. The summed E-state index contributed by atoms with van der Waals surface area (Å²) in [7, 11) is 0. The highest BCUT2D eigenvalue weighted by atomic mass is 16.6. The molecule has 0 amide bonds. The number of benzene rings is 3. The summed E-state index contributed by atoms with van der Waals surface area (Å²) in [5.41, 5.74) is 3.25. The summed E-state index contributed by atoms with van der Waals surface area (Å²) in [4.78, 5) is 0. The quantitative estimate of drug-likeness (QED) is 0.570. The molecule has 0 aromatic heterocycles. The average Bonchev–Trinajstić information content (AvgIpc) is 3.11. The van der Waals surface area contributed by atoms with Crippen LogP contribution in [0.2, 0.25) is 0 Å². The van der Waals surface area contributed by atoms with Gasteiger partial charge in [0.05, 0.1) is 32.0 Å². The topological polar surface area (TPSA) is 47.9 Å². The second-order valence-corrected chi connectivity index (χ2v) is 7.66. The van der Waals surface area contributed by atoms with Crippen molar-refractivity contribution >= 4 is 0 Å². The Balaban J connectivity index is 1.43. The minimum absolute atomic E-state index is 0.232. The highest BCUT2D eigenvalue weighted by Gasteiger charge is 2.45.